The summed E-state index contributed by atoms with van der Waals surface area (Å²) in [6.45, 7) is 0. The monoisotopic (exact) mass is 375 g/mol. The molecule has 0 amide bonds. The van der Waals surface area contributed by atoms with Gasteiger partial charge < -0.3 is 14.4 Å². The van der Waals surface area contributed by atoms with Crippen molar-refractivity contribution in [3.63, 3.8) is 0 Å². The Hall–Kier alpha value is -1.34. The second kappa shape index (κ2) is 5.11. The van der Waals surface area contributed by atoms with E-state index in [9.17, 15) is 9.90 Å². The highest BCUT2D eigenvalue weighted by atomic mass is 79.9. The first-order valence-corrected chi connectivity index (χ1v) is 6.35. The molecule has 2 aromatic rings. The number of methoxy groups -OCH3 is 1. The van der Waals surface area contributed by atoms with Crippen LogP contribution in [0.2, 0.25) is 0 Å². The molecule has 5 nitrogen and oxygen atoms in total. The molecule has 94 valence electrons. The maximum Gasteiger partial charge on any atom is 0.360 e. The Morgan fingerprint density at radius 2 is 1.94 bits per heavy atom. The maximum absolute atomic E-state index is 11.2. The number of aromatic hydroxyl groups is 1. The van der Waals surface area contributed by atoms with Crippen molar-refractivity contribution < 1.29 is 19.2 Å². The first-order valence-electron chi connectivity index (χ1n) is 4.76. The number of carbonyl (C=O) groups is 1. The van der Waals surface area contributed by atoms with Gasteiger partial charge in [-0.05, 0) is 44.0 Å². The molecular weight excluding hydrogens is 370 g/mol. The summed E-state index contributed by atoms with van der Waals surface area (Å²) in [7, 11) is 1.27. The minimum Gasteiger partial charge on any atom is -0.506 e. The number of ether oxygens (including phenoxy) is 1. The summed E-state index contributed by atoms with van der Waals surface area (Å²) in [5.41, 5.74) is 0.752. The fraction of sp³-hybridized carbons (Fsp3) is 0.0909. The number of esters is 1. The normalized spacial score (nSPS) is 10.4. The molecule has 2 rings (SSSR count). The largest absolute Gasteiger partial charge is 0.506 e. The summed E-state index contributed by atoms with van der Waals surface area (Å²) in [5, 5.41) is 13.2. The molecule has 0 fully saturated rings. The van der Waals surface area contributed by atoms with Crippen molar-refractivity contribution >= 4 is 37.8 Å². The van der Waals surface area contributed by atoms with E-state index in [2.05, 4.69) is 41.8 Å². The molecule has 0 bridgehead atoms. The highest BCUT2D eigenvalue weighted by Gasteiger charge is 2.15. The number of rotatable bonds is 2. The summed E-state index contributed by atoms with van der Waals surface area (Å²) in [6, 6.07) is 4.78. The predicted octanol–water partition coefficient (Wildman–Crippen LogP) is 3.36. The Balaban J connectivity index is 2.43. The molecule has 0 atom stereocenters. The quantitative estimate of drug-likeness (QED) is 0.813. The van der Waals surface area contributed by atoms with Crippen LogP contribution in [0.4, 0.5) is 0 Å². The number of benzene rings is 1. The van der Waals surface area contributed by atoms with Crippen molar-refractivity contribution in [3.05, 3.63) is 32.8 Å². The molecule has 1 aromatic heterocycles. The van der Waals surface area contributed by atoms with Crippen LogP contribution >= 0.6 is 31.9 Å². The molecule has 0 saturated heterocycles. The third-order valence-corrected chi connectivity index (χ3v) is 3.42. The summed E-state index contributed by atoms with van der Waals surface area (Å²) in [5.74, 6) is -0.0785. The van der Waals surface area contributed by atoms with E-state index in [1.807, 2.05) is 0 Å². The van der Waals surface area contributed by atoms with Crippen LogP contribution in [0.5, 0.6) is 5.75 Å². The van der Waals surface area contributed by atoms with Crippen LogP contribution in [0, 0.1) is 0 Å². The van der Waals surface area contributed by atoms with E-state index in [-0.39, 0.29) is 11.4 Å². The molecule has 0 saturated carbocycles. The zero-order valence-corrected chi connectivity index (χ0v) is 12.3. The Bertz CT molecular complexity index is 586. The summed E-state index contributed by atoms with van der Waals surface area (Å²) >= 11 is 6.42. The Labute approximate surface area is 119 Å². The Kier molecular flexibility index (Phi) is 3.72. The van der Waals surface area contributed by atoms with E-state index in [0.717, 1.165) is 0 Å². The third-order valence-electron chi connectivity index (χ3n) is 2.21. The molecule has 0 unspecified atom stereocenters. The van der Waals surface area contributed by atoms with Crippen molar-refractivity contribution in [1.29, 1.82) is 0 Å². The van der Waals surface area contributed by atoms with Gasteiger partial charge in [-0.3, -0.25) is 0 Å². The van der Waals surface area contributed by atoms with Gasteiger partial charge in [0.25, 0.3) is 0 Å². The van der Waals surface area contributed by atoms with Gasteiger partial charge in [0.05, 0.1) is 16.1 Å². The van der Waals surface area contributed by atoms with Gasteiger partial charge >= 0.3 is 5.97 Å². The molecule has 0 radical (unpaired) electrons. The lowest BCUT2D eigenvalue weighted by Gasteiger charge is -2.02. The number of hydrogen-bond acceptors (Lipinski definition) is 5. The minimum absolute atomic E-state index is 0.0893. The van der Waals surface area contributed by atoms with E-state index < -0.39 is 5.97 Å². The van der Waals surface area contributed by atoms with E-state index in [4.69, 9.17) is 4.52 Å². The molecule has 0 spiro atoms. The summed E-state index contributed by atoms with van der Waals surface area (Å²) in [6.07, 6.45) is 0. The van der Waals surface area contributed by atoms with Gasteiger partial charge in [0, 0.05) is 11.6 Å². The van der Waals surface area contributed by atoms with Gasteiger partial charge in [-0.15, -0.1) is 0 Å². The van der Waals surface area contributed by atoms with Crippen LogP contribution in [0.15, 0.2) is 31.7 Å². The van der Waals surface area contributed by atoms with E-state index in [1.165, 1.54) is 13.2 Å². The fourth-order valence-electron chi connectivity index (χ4n) is 1.32. The van der Waals surface area contributed by atoms with Gasteiger partial charge in [0.2, 0.25) is 0 Å². The molecule has 0 aliphatic rings. The zero-order chi connectivity index (χ0) is 13.3. The lowest BCUT2D eigenvalue weighted by molar-refractivity contribution is 0.0589. The topological polar surface area (TPSA) is 72.6 Å². The van der Waals surface area contributed by atoms with Crippen molar-refractivity contribution in [3.8, 4) is 17.1 Å². The molecular formula is C11H7Br2NO4. The second-order valence-corrected chi connectivity index (χ2v) is 5.07. The van der Waals surface area contributed by atoms with Crippen molar-refractivity contribution in [2.45, 2.75) is 0 Å². The van der Waals surface area contributed by atoms with Crippen molar-refractivity contribution in [2.75, 3.05) is 7.11 Å². The van der Waals surface area contributed by atoms with Crippen molar-refractivity contribution in [2.24, 2.45) is 0 Å². The standard InChI is InChI=1S/C11H7Br2NO4/c1-17-11(16)8-4-9(18-14-8)5-2-6(12)10(15)7(13)3-5/h2-4,15H,1H3. The molecule has 1 aromatic carbocycles. The Morgan fingerprint density at radius 3 is 2.50 bits per heavy atom. The summed E-state index contributed by atoms with van der Waals surface area (Å²) in [4.78, 5) is 11.2. The van der Waals surface area contributed by atoms with Crippen LogP contribution in [0.1, 0.15) is 10.5 Å². The lowest BCUT2D eigenvalue weighted by atomic mass is 10.1. The molecule has 18 heavy (non-hydrogen) atoms. The van der Waals surface area contributed by atoms with E-state index in [1.54, 1.807) is 12.1 Å². The third kappa shape index (κ3) is 2.41. The van der Waals surface area contributed by atoms with Gasteiger partial charge in [-0.2, -0.15) is 0 Å². The lowest BCUT2D eigenvalue weighted by Crippen LogP contribution is -2.00. The smallest absolute Gasteiger partial charge is 0.360 e. The first kappa shape index (κ1) is 13.1. The number of hydrogen-bond donors (Lipinski definition) is 1. The van der Waals surface area contributed by atoms with Crippen LogP contribution in [-0.2, 0) is 4.74 Å². The van der Waals surface area contributed by atoms with Crippen LogP contribution in [-0.4, -0.2) is 23.3 Å². The van der Waals surface area contributed by atoms with Crippen LogP contribution in [0.3, 0.4) is 0 Å². The number of phenols is 1. The SMILES string of the molecule is COC(=O)c1cc(-c2cc(Br)c(O)c(Br)c2)on1. The number of carbonyl (C=O) groups excluding carboxylic acids is 1. The number of phenolic OH excluding ortho intramolecular Hbond substituents is 1. The fourth-order valence-corrected chi connectivity index (χ4v) is 2.51. The van der Waals surface area contributed by atoms with Gasteiger partial charge in [0.15, 0.2) is 11.5 Å². The van der Waals surface area contributed by atoms with Crippen LogP contribution in [0.25, 0.3) is 11.3 Å². The highest BCUT2D eigenvalue weighted by Crippen LogP contribution is 2.36. The molecule has 1 heterocycles. The first-order chi connectivity index (χ1) is 8.52. The Morgan fingerprint density at radius 1 is 1.33 bits per heavy atom. The van der Waals surface area contributed by atoms with Gasteiger partial charge in [-0.25, -0.2) is 4.79 Å². The predicted molar refractivity (Wildman–Crippen MR) is 70.3 cm³/mol. The highest BCUT2D eigenvalue weighted by molar-refractivity contribution is 9.11. The average molecular weight is 377 g/mol. The van der Waals surface area contributed by atoms with Gasteiger partial charge in [0.1, 0.15) is 5.75 Å². The molecule has 0 aliphatic carbocycles. The van der Waals surface area contributed by atoms with E-state index >= 15 is 0 Å². The average Bonchev–Trinajstić information content (AvgIpc) is 2.84. The van der Waals surface area contributed by atoms with Gasteiger partial charge in [-0.1, -0.05) is 5.16 Å². The number of halogens is 2. The summed E-state index contributed by atoms with van der Waals surface area (Å²) < 4.78 is 10.6. The molecule has 1 N–H and O–H groups in total. The molecule has 0 aliphatic heterocycles. The minimum atomic E-state index is -0.568. The second-order valence-electron chi connectivity index (χ2n) is 3.36. The maximum atomic E-state index is 11.2. The number of aromatic nitrogens is 1. The van der Waals surface area contributed by atoms with Crippen molar-refractivity contribution in [1.82, 2.24) is 5.16 Å². The molecule has 7 heteroatoms. The van der Waals surface area contributed by atoms with E-state index in [0.29, 0.717) is 20.3 Å². The zero-order valence-electron chi connectivity index (χ0n) is 9.11. The van der Waals surface area contributed by atoms with Crippen LogP contribution < -0.4 is 0 Å². The number of nitrogens with zero attached hydrogens (tertiary/aromatic N) is 1.